The van der Waals surface area contributed by atoms with E-state index in [2.05, 4.69) is 4.72 Å². The van der Waals surface area contributed by atoms with Gasteiger partial charge in [-0.1, -0.05) is 12.1 Å². The van der Waals surface area contributed by atoms with Crippen LogP contribution in [0.4, 0.5) is 5.69 Å². The number of nitrogens with zero attached hydrogens (tertiary/aromatic N) is 1. The molecule has 35 heavy (non-hydrogen) atoms. The van der Waals surface area contributed by atoms with Crippen molar-refractivity contribution in [2.24, 2.45) is 0 Å². The van der Waals surface area contributed by atoms with Gasteiger partial charge in [0.1, 0.15) is 11.5 Å². The Bertz CT molecular complexity index is 1400. The van der Waals surface area contributed by atoms with Crippen LogP contribution in [0.1, 0.15) is 46.8 Å². The lowest BCUT2D eigenvalue weighted by Gasteiger charge is -2.35. The molecule has 2 aliphatic rings. The fourth-order valence-corrected chi connectivity index (χ4v) is 5.88. The number of fused-ring (bicyclic) bond motifs is 2. The Kier molecular flexibility index (Phi) is 5.71. The molecule has 182 valence electrons. The van der Waals surface area contributed by atoms with E-state index in [4.69, 9.17) is 4.74 Å². The minimum Gasteiger partial charge on any atom is -0.508 e. The molecule has 1 aliphatic heterocycles. The van der Waals surface area contributed by atoms with Crippen LogP contribution in [0, 0.1) is 6.92 Å². The fourth-order valence-electron chi connectivity index (χ4n) is 4.80. The normalized spacial score (nSPS) is 16.0. The van der Waals surface area contributed by atoms with Crippen LogP contribution in [0.25, 0.3) is 0 Å². The van der Waals surface area contributed by atoms with Crippen LogP contribution in [-0.2, 0) is 22.0 Å². The average Bonchev–Trinajstić information content (AvgIpc) is 3.60. The maximum Gasteiger partial charge on any atom is 0.261 e. The standard InChI is InChI=1S/C27H28N2O5S/c1-3-34-22-9-6-20(7-10-22)28-35(32,33)23-11-4-18(2)24(15-23)26(31)29-16-19-5-8-21(30)14-25(19)27(17-29)12-13-27/h4-11,14-15,28,30H,3,12-13,16-17H2,1-2H3. The maximum atomic E-state index is 13.6. The molecule has 3 aromatic rings. The number of hydrogen-bond acceptors (Lipinski definition) is 5. The summed E-state index contributed by atoms with van der Waals surface area (Å²) in [6, 6.07) is 16.7. The lowest BCUT2D eigenvalue weighted by molar-refractivity contribution is 0.0708. The van der Waals surface area contributed by atoms with Crippen LogP contribution in [0.2, 0.25) is 0 Å². The molecule has 5 rings (SSSR count). The number of rotatable bonds is 6. The van der Waals surface area contributed by atoms with E-state index in [0.717, 1.165) is 29.5 Å². The van der Waals surface area contributed by atoms with Crippen molar-refractivity contribution < 1.29 is 23.1 Å². The molecule has 2 N–H and O–H groups in total. The van der Waals surface area contributed by atoms with Crippen molar-refractivity contribution in [2.75, 3.05) is 17.9 Å². The molecule has 0 unspecified atom stereocenters. The zero-order valence-corrected chi connectivity index (χ0v) is 20.6. The summed E-state index contributed by atoms with van der Waals surface area (Å²) in [4.78, 5) is 15.4. The summed E-state index contributed by atoms with van der Waals surface area (Å²) >= 11 is 0. The van der Waals surface area contributed by atoms with Gasteiger partial charge in [-0.3, -0.25) is 9.52 Å². The first kappa shape index (κ1) is 23.2. The number of benzene rings is 3. The smallest absolute Gasteiger partial charge is 0.261 e. The van der Waals surface area contributed by atoms with Crippen LogP contribution in [-0.4, -0.2) is 37.5 Å². The first-order chi connectivity index (χ1) is 16.7. The van der Waals surface area contributed by atoms with Crippen LogP contribution in [0.5, 0.6) is 11.5 Å². The SMILES string of the molecule is CCOc1ccc(NS(=O)(=O)c2ccc(C)c(C(=O)N3Cc4ccc(O)cc4C4(CC4)C3)c2)cc1. The molecule has 3 aromatic carbocycles. The number of ether oxygens (including phenoxy) is 1. The minimum absolute atomic E-state index is 0.0313. The number of amides is 1. The molecule has 0 saturated heterocycles. The number of anilines is 1. The largest absolute Gasteiger partial charge is 0.508 e. The van der Waals surface area contributed by atoms with Gasteiger partial charge in [-0.2, -0.15) is 0 Å². The van der Waals surface area contributed by atoms with Crippen LogP contribution in [0.15, 0.2) is 65.6 Å². The van der Waals surface area contributed by atoms with E-state index in [-0.39, 0.29) is 22.0 Å². The molecule has 0 radical (unpaired) electrons. The summed E-state index contributed by atoms with van der Waals surface area (Å²) in [6.07, 6.45) is 1.93. The second-order valence-electron chi connectivity index (χ2n) is 9.32. The van der Waals surface area contributed by atoms with E-state index < -0.39 is 10.0 Å². The van der Waals surface area contributed by atoms with E-state index in [0.29, 0.717) is 36.7 Å². The number of aromatic hydroxyl groups is 1. The van der Waals surface area contributed by atoms with Crippen LogP contribution in [0.3, 0.4) is 0 Å². The number of aryl methyl sites for hydroxylation is 1. The highest BCUT2D eigenvalue weighted by Gasteiger charge is 2.50. The van der Waals surface area contributed by atoms with Gasteiger partial charge < -0.3 is 14.7 Å². The summed E-state index contributed by atoms with van der Waals surface area (Å²) in [6.45, 7) is 5.20. The number of hydrogen-bond donors (Lipinski definition) is 2. The lowest BCUT2D eigenvalue weighted by atomic mass is 9.86. The van der Waals surface area contributed by atoms with Gasteiger partial charge in [0.05, 0.1) is 11.5 Å². The van der Waals surface area contributed by atoms with Gasteiger partial charge in [-0.05, 0) is 91.9 Å². The van der Waals surface area contributed by atoms with Crippen molar-refractivity contribution >= 4 is 21.6 Å². The van der Waals surface area contributed by atoms with Gasteiger partial charge in [0.2, 0.25) is 0 Å². The van der Waals surface area contributed by atoms with E-state index in [1.807, 2.05) is 26.0 Å². The molecular formula is C27H28N2O5S. The summed E-state index contributed by atoms with van der Waals surface area (Å²) in [5.74, 6) is 0.708. The summed E-state index contributed by atoms with van der Waals surface area (Å²) in [5, 5.41) is 9.94. The van der Waals surface area contributed by atoms with Crippen molar-refractivity contribution in [1.29, 1.82) is 0 Å². The van der Waals surface area contributed by atoms with E-state index in [1.54, 1.807) is 41.3 Å². The predicted molar refractivity (Wildman–Crippen MR) is 133 cm³/mol. The van der Waals surface area contributed by atoms with Crippen molar-refractivity contribution in [3.8, 4) is 11.5 Å². The quantitative estimate of drug-likeness (QED) is 0.525. The minimum atomic E-state index is -3.90. The zero-order valence-electron chi connectivity index (χ0n) is 19.7. The summed E-state index contributed by atoms with van der Waals surface area (Å²) in [7, 11) is -3.90. The molecular weight excluding hydrogens is 464 g/mol. The Labute approximate surface area is 205 Å². The lowest BCUT2D eigenvalue weighted by Crippen LogP contribution is -2.42. The summed E-state index contributed by atoms with van der Waals surface area (Å²) < 4.78 is 34.2. The second-order valence-corrected chi connectivity index (χ2v) is 11.0. The van der Waals surface area contributed by atoms with Gasteiger partial charge in [-0.15, -0.1) is 0 Å². The third-order valence-corrected chi connectivity index (χ3v) is 8.21. The third kappa shape index (κ3) is 4.46. The topological polar surface area (TPSA) is 95.9 Å². The van der Waals surface area contributed by atoms with Crippen molar-refractivity contribution in [3.05, 3.63) is 82.9 Å². The Morgan fingerprint density at radius 3 is 2.51 bits per heavy atom. The molecule has 0 atom stereocenters. The Morgan fingerprint density at radius 1 is 1.09 bits per heavy atom. The Balaban J connectivity index is 1.40. The molecule has 0 bridgehead atoms. The van der Waals surface area contributed by atoms with Gasteiger partial charge in [-0.25, -0.2) is 8.42 Å². The first-order valence-electron chi connectivity index (χ1n) is 11.7. The highest BCUT2D eigenvalue weighted by Crippen LogP contribution is 2.53. The molecule has 1 spiro atoms. The monoisotopic (exact) mass is 492 g/mol. The predicted octanol–water partition coefficient (Wildman–Crippen LogP) is 4.59. The molecule has 1 fully saturated rings. The molecule has 1 saturated carbocycles. The van der Waals surface area contributed by atoms with Gasteiger partial charge >= 0.3 is 0 Å². The van der Waals surface area contributed by atoms with Gasteiger partial charge in [0.25, 0.3) is 15.9 Å². The molecule has 1 aliphatic carbocycles. The summed E-state index contributed by atoms with van der Waals surface area (Å²) in [5.41, 5.74) is 3.53. The van der Waals surface area contributed by atoms with Crippen molar-refractivity contribution in [1.82, 2.24) is 4.90 Å². The molecule has 7 nitrogen and oxygen atoms in total. The van der Waals surface area contributed by atoms with Gasteiger partial charge in [0.15, 0.2) is 0 Å². The first-order valence-corrected chi connectivity index (χ1v) is 13.2. The number of nitrogens with one attached hydrogen (secondary N) is 1. The number of carbonyl (C=O) groups excluding carboxylic acids is 1. The van der Waals surface area contributed by atoms with Crippen molar-refractivity contribution in [2.45, 2.75) is 43.5 Å². The molecule has 1 heterocycles. The average molecular weight is 493 g/mol. The van der Waals surface area contributed by atoms with Gasteiger partial charge in [0, 0.05) is 29.8 Å². The van der Waals surface area contributed by atoms with Crippen molar-refractivity contribution in [3.63, 3.8) is 0 Å². The van der Waals surface area contributed by atoms with Crippen LogP contribution < -0.4 is 9.46 Å². The highest BCUT2D eigenvalue weighted by molar-refractivity contribution is 7.92. The Hall–Kier alpha value is -3.52. The maximum absolute atomic E-state index is 13.6. The number of phenolic OH excluding ortho intramolecular Hbond substituents is 1. The molecule has 1 amide bonds. The number of carbonyl (C=O) groups is 1. The van der Waals surface area contributed by atoms with E-state index >= 15 is 0 Å². The fraction of sp³-hybridized carbons (Fsp3) is 0.296. The third-order valence-electron chi connectivity index (χ3n) is 6.83. The zero-order chi connectivity index (χ0) is 24.8. The molecule has 0 aromatic heterocycles. The highest BCUT2D eigenvalue weighted by atomic mass is 32.2. The van der Waals surface area contributed by atoms with E-state index in [1.165, 1.54) is 12.1 Å². The Morgan fingerprint density at radius 2 is 1.83 bits per heavy atom. The van der Waals surface area contributed by atoms with E-state index in [9.17, 15) is 18.3 Å². The molecule has 8 heteroatoms. The number of sulfonamides is 1. The van der Waals surface area contributed by atoms with Crippen LogP contribution >= 0.6 is 0 Å². The number of phenols is 1. The second kappa shape index (κ2) is 8.61.